The van der Waals surface area contributed by atoms with E-state index in [2.05, 4.69) is 14.8 Å². The van der Waals surface area contributed by atoms with Crippen LogP contribution < -0.4 is 10.0 Å². The maximum absolute atomic E-state index is 12.3. The van der Waals surface area contributed by atoms with Crippen LogP contribution in [0.25, 0.3) is 0 Å². The summed E-state index contributed by atoms with van der Waals surface area (Å²) in [5, 5.41) is 3.20. The van der Waals surface area contributed by atoms with Crippen LogP contribution in [0.1, 0.15) is 36.2 Å². The highest BCUT2D eigenvalue weighted by Gasteiger charge is 2.36. The van der Waals surface area contributed by atoms with Gasteiger partial charge in [0.1, 0.15) is 0 Å². The Bertz CT molecular complexity index is 633. The van der Waals surface area contributed by atoms with Gasteiger partial charge in [-0.1, -0.05) is 0 Å². The SMILES string of the molecule is COC(=O)c1ccc(S(=O)(=O)NC2CC3CCC(C2)N3)o1.Cl. The number of halogens is 1. The number of furan rings is 1. The summed E-state index contributed by atoms with van der Waals surface area (Å²) < 4.78 is 36.8. The van der Waals surface area contributed by atoms with Gasteiger partial charge in [-0.2, -0.15) is 0 Å². The summed E-state index contributed by atoms with van der Waals surface area (Å²) in [7, 11) is -2.54. The number of hydrogen-bond donors (Lipinski definition) is 2. The lowest BCUT2D eigenvalue weighted by atomic mass is 10.0. The summed E-state index contributed by atoms with van der Waals surface area (Å²) >= 11 is 0. The number of ether oxygens (including phenoxy) is 1. The van der Waals surface area contributed by atoms with Gasteiger partial charge in [-0.15, -0.1) is 12.4 Å². The third kappa shape index (κ3) is 3.45. The minimum absolute atomic E-state index is 0. The first-order valence-electron chi connectivity index (χ1n) is 6.94. The van der Waals surface area contributed by atoms with Crippen molar-refractivity contribution in [3.8, 4) is 0 Å². The second-order valence-electron chi connectivity index (χ2n) is 5.54. The molecule has 2 atom stereocenters. The van der Waals surface area contributed by atoms with Crippen molar-refractivity contribution in [1.29, 1.82) is 0 Å². The Morgan fingerprint density at radius 3 is 2.55 bits per heavy atom. The van der Waals surface area contributed by atoms with Gasteiger partial charge in [0.25, 0.3) is 10.0 Å². The highest BCUT2D eigenvalue weighted by molar-refractivity contribution is 7.89. The fourth-order valence-electron chi connectivity index (χ4n) is 3.11. The summed E-state index contributed by atoms with van der Waals surface area (Å²) in [5.41, 5.74) is 0. The molecule has 9 heteroatoms. The van der Waals surface area contributed by atoms with Gasteiger partial charge >= 0.3 is 5.97 Å². The van der Waals surface area contributed by atoms with Gasteiger partial charge in [-0.05, 0) is 37.8 Å². The van der Waals surface area contributed by atoms with Gasteiger partial charge < -0.3 is 14.5 Å². The summed E-state index contributed by atoms with van der Waals surface area (Å²) in [6, 6.07) is 3.24. The number of rotatable bonds is 4. The molecule has 2 fully saturated rings. The molecular formula is C13H19ClN2O5S. The molecule has 1 aromatic heterocycles. The zero-order valence-corrected chi connectivity index (χ0v) is 13.7. The lowest BCUT2D eigenvalue weighted by molar-refractivity contribution is 0.0559. The summed E-state index contributed by atoms with van der Waals surface area (Å²) in [6.45, 7) is 0. The normalized spacial score (nSPS) is 27.2. The molecule has 0 aromatic carbocycles. The lowest BCUT2D eigenvalue weighted by Gasteiger charge is -2.29. The molecule has 0 saturated carbocycles. The zero-order chi connectivity index (χ0) is 15.0. The number of hydrogen-bond acceptors (Lipinski definition) is 6. The summed E-state index contributed by atoms with van der Waals surface area (Å²) in [5.74, 6) is -0.820. The van der Waals surface area contributed by atoms with E-state index in [1.807, 2.05) is 0 Å². The molecule has 2 N–H and O–H groups in total. The second-order valence-corrected chi connectivity index (χ2v) is 7.18. The number of methoxy groups -OCH3 is 1. The molecule has 2 aliphatic rings. The largest absolute Gasteiger partial charge is 0.463 e. The number of esters is 1. The highest BCUT2D eigenvalue weighted by Crippen LogP contribution is 2.28. The van der Waals surface area contributed by atoms with Crippen molar-refractivity contribution in [2.45, 2.75) is 48.9 Å². The first kappa shape index (κ1) is 17.3. The molecule has 2 unspecified atom stereocenters. The predicted octanol–water partition coefficient (Wildman–Crippen LogP) is 1.05. The Balaban J connectivity index is 0.00000176. The van der Waals surface area contributed by atoms with Crippen molar-refractivity contribution in [3.63, 3.8) is 0 Å². The van der Waals surface area contributed by atoms with E-state index in [4.69, 9.17) is 4.42 Å². The summed E-state index contributed by atoms with van der Waals surface area (Å²) in [4.78, 5) is 11.3. The molecule has 124 valence electrons. The van der Waals surface area contributed by atoms with Crippen LogP contribution in [0.5, 0.6) is 0 Å². The average Bonchev–Trinajstić information content (AvgIpc) is 3.05. The molecule has 3 rings (SSSR count). The topological polar surface area (TPSA) is 97.6 Å². The smallest absolute Gasteiger partial charge is 0.374 e. The third-order valence-corrected chi connectivity index (χ3v) is 5.42. The highest BCUT2D eigenvalue weighted by atomic mass is 35.5. The molecule has 2 aliphatic heterocycles. The number of fused-ring (bicyclic) bond motifs is 2. The van der Waals surface area contributed by atoms with E-state index in [1.165, 1.54) is 19.2 Å². The van der Waals surface area contributed by atoms with Crippen molar-refractivity contribution in [3.05, 3.63) is 17.9 Å². The molecule has 0 radical (unpaired) electrons. The minimum Gasteiger partial charge on any atom is -0.463 e. The monoisotopic (exact) mass is 350 g/mol. The van der Waals surface area contributed by atoms with Gasteiger partial charge in [-0.25, -0.2) is 17.9 Å². The van der Waals surface area contributed by atoms with Gasteiger partial charge in [0, 0.05) is 18.1 Å². The van der Waals surface area contributed by atoms with Crippen LogP contribution >= 0.6 is 12.4 Å². The van der Waals surface area contributed by atoms with Crippen LogP contribution in [0, 0.1) is 0 Å². The first-order valence-corrected chi connectivity index (χ1v) is 8.43. The van der Waals surface area contributed by atoms with E-state index in [0.29, 0.717) is 12.1 Å². The Morgan fingerprint density at radius 1 is 1.32 bits per heavy atom. The molecule has 3 heterocycles. The van der Waals surface area contributed by atoms with Crippen LogP contribution in [0.4, 0.5) is 0 Å². The van der Waals surface area contributed by atoms with Crippen LogP contribution in [0.2, 0.25) is 0 Å². The van der Waals surface area contributed by atoms with Gasteiger partial charge in [0.15, 0.2) is 0 Å². The Kier molecular flexibility index (Phi) is 5.16. The van der Waals surface area contributed by atoms with Crippen LogP contribution in [-0.2, 0) is 14.8 Å². The minimum atomic E-state index is -3.75. The fourth-order valence-corrected chi connectivity index (χ4v) is 4.30. The van der Waals surface area contributed by atoms with E-state index < -0.39 is 16.0 Å². The molecule has 0 aliphatic carbocycles. The van der Waals surface area contributed by atoms with E-state index in [1.54, 1.807) is 0 Å². The van der Waals surface area contributed by atoms with E-state index in [9.17, 15) is 13.2 Å². The zero-order valence-electron chi connectivity index (χ0n) is 12.1. The predicted molar refractivity (Wildman–Crippen MR) is 80.6 cm³/mol. The van der Waals surface area contributed by atoms with Crippen molar-refractivity contribution >= 4 is 28.4 Å². The Morgan fingerprint density at radius 2 is 1.95 bits per heavy atom. The first-order chi connectivity index (χ1) is 9.98. The quantitative estimate of drug-likeness (QED) is 0.788. The molecule has 1 aromatic rings. The maximum atomic E-state index is 12.3. The molecule has 7 nitrogen and oxygen atoms in total. The van der Waals surface area contributed by atoms with Crippen molar-refractivity contribution < 1.29 is 22.4 Å². The molecule has 22 heavy (non-hydrogen) atoms. The van der Waals surface area contributed by atoms with E-state index in [-0.39, 0.29) is 29.3 Å². The van der Waals surface area contributed by atoms with Crippen LogP contribution in [-0.4, -0.2) is 39.6 Å². The van der Waals surface area contributed by atoms with Crippen molar-refractivity contribution in [1.82, 2.24) is 10.0 Å². The molecule has 0 amide bonds. The number of sulfonamides is 1. The second kappa shape index (κ2) is 6.57. The van der Waals surface area contributed by atoms with Crippen molar-refractivity contribution in [2.75, 3.05) is 7.11 Å². The van der Waals surface area contributed by atoms with E-state index >= 15 is 0 Å². The number of piperidine rings is 1. The molecule has 2 saturated heterocycles. The fraction of sp³-hybridized carbons (Fsp3) is 0.615. The Hall–Kier alpha value is -1.09. The summed E-state index contributed by atoms with van der Waals surface area (Å²) in [6.07, 6.45) is 3.74. The number of carbonyl (C=O) groups excluding carboxylic acids is 1. The van der Waals surface area contributed by atoms with Crippen LogP contribution in [0.15, 0.2) is 21.6 Å². The van der Waals surface area contributed by atoms with Gasteiger partial charge in [0.05, 0.1) is 7.11 Å². The van der Waals surface area contributed by atoms with Crippen molar-refractivity contribution in [2.24, 2.45) is 0 Å². The van der Waals surface area contributed by atoms with Gasteiger partial charge in [-0.3, -0.25) is 0 Å². The number of carbonyl (C=O) groups is 1. The molecular weight excluding hydrogens is 332 g/mol. The standard InChI is InChI=1S/C13H18N2O5S.ClH/c1-19-13(16)11-4-5-12(20-11)21(17,18)15-10-6-8-2-3-9(7-10)14-8;/h4-5,8-10,14-15H,2-3,6-7H2,1H3;1H. The number of nitrogens with one attached hydrogen (secondary N) is 2. The lowest BCUT2D eigenvalue weighted by Crippen LogP contribution is -2.47. The molecule has 0 spiro atoms. The third-order valence-electron chi connectivity index (χ3n) is 4.03. The molecule has 2 bridgehead atoms. The van der Waals surface area contributed by atoms with Crippen LogP contribution in [0.3, 0.4) is 0 Å². The average molecular weight is 351 g/mol. The van der Waals surface area contributed by atoms with E-state index in [0.717, 1.165) is 25.7 Å². The Labute approximate surface area is 135 Å². The maximum Gasteiger partial charge on any atom is 0.374 e. The van der Waals surface area contributed by atoms with Gasteiger partial charge in [0.2, 0.25) is 10.9 Å².